The van der Waals surface area contributed by atoms with Gasteiger partial charge in [-0.05, 0) is 62.6 Å². The van der Waals surface area contributed by atoms with Gasteiger partial charge in [0.15, 0.2) is 0 Å². The van der Waals surface area contributed by atoms with Crippen molar-refractivity contribution in [2.75, 3.05) is 32.7 Å². The fourth-order valence-corrected chi connectivity index (χ4v) is 6.45. The van der Waals surface area contributed by atoms with E-state index in [0.717, 1.165) is 13.1 Å². The van der Waals surface area contributed by atoms with E-state index in [9.17, 15) is 22.8 Å². The van der Waals surface area contributed by atoms with E-state index in [1.54, 1.807) is 12.1 Å². The second kappa shape index (κ2) is 11.2. The van der Waals surface area contributed by atoms with Crippen LogP contribution in [0.1, 0.15) is 65.5 Å². The van der Waals surface area contributed by atoms with E-state index in [1.807, 2.05) is 18.7 Å². The SMILES string of the molecule is Cc1ncnc(C)c1C(=O)N1CC2CN(CCC(NC(=O)C3CCC(F)(F)CC3)c3cccc(F)c3)C[C@H]2C1. The van der Waals surface area contributed by atoms with Crippen LogP contribution in [0.25, 0.3) is 0 Å². The van der Waals surface area contributed by atoms with Gasteiger partial charge in [-0.2, -0.15) is 0 Å². The van der Waals surface area contributed by atoms with Crippen molar-refractivity contribution in [2.45, 2.75) is 57.9 Å². The lowest BCUT2D eigenvalue weighted by molar-refractivity contribution is -0.130. The summed E-state index contributed by atoms with van der Waals surface area (Å²) in [7, 11) is 0. The minimum absolute atomic E-state index is 0.0131. The molecule has 210 valence electrons. The van der Waals surface area contributed by atoms with E-state index in [-0.39, 0.29) is 43.3 Å². The summed E-state index contributed by atoms with van der Waals surface area (Å²) in [4.78, 5) is 38.8. The number of benzene rings is 1. The average molecular weight is 544 g/mol. The number of carbonyl (C=O) groups is 2. The number of nitrogens with one attached hydrogen (secondary N) is 1. The summed E-state index contributed by atoms with van der Waals surface area (Å²) in [6, 6.07) is 5.81. The van der Waals surface area contributed by atoms with E-state index >= 15 is 0 Å². The van der Waals surface area contributed by atoms with Crippen LogP contribution in [0.3, 0.4) is 0 Å². The number of aromatic nitrogens is 2. The highest BCUT2D eigenvalue weighted by molar-refractivity contribution is 5.96. The third-order valence-corrected chi connectivity index (χ3v) is 8.68. The zero-order valence-electron chi connectivity index (χ0n) is 22.5. The van der Waals surface area contributed by atoms with Crippen molar-refractivity contribution < 1.29 is 22.8 Å². The van der Waals surface area contributed by atoms with Crippen molar-refractivity contribution in [2.24, 2.45) is 17.8 Å². The minimum atomic E-state index is -2.70. The Morgan fingerprint density at radius 1 is 1.05 bits per heavy atom. The van der Waals surface area contributed by atoms with Gasteiger partial charge in [0.25, 0.3) is 5.91 Å². The highest BCUT2D eigenvalue weighted by atomic mass is 19.3. The summed E-state index contributed by atoms with van der Waals surface area (Å²) < 4.78 is 41.2. The standard InChI is InChI=1S/C29H36F3N5O2/c1-18-26(19(2)34-17-33-18)28(39)37-15-22-13-36(14-23(22)16-37)11-8-25(21-4-3-5-24(30)12-21)35-27(38)20-6-9-29(31,32)10-7-20/h3-5,12,17,20,22-23,25H,6-11,13-16H2,1-2H3,(H,35,38)/t22-,23?,25?/m0/s1. The molecule has 3 fully saturated rings. The Morgan fingerprint density at radius 3 is 2.31 bits per heavy atom. The molecule has 1 aromatic carbocycles. The van der Waals surface area contributed by atoms with E-state index in [4.69, 9.17) is 0 Å². The van der Waals surface area contributed by atoms with Gasteiger partial charge < -0.3 is 15.1 Å². The molecule has 2 saturated heterocycles. The molecule has 2 aliphatic heterocycles. The maximum Gasteiger partial charge on any atom is 0.257 e. The molecule has 3 heterocycles. The Hall–Kier alpha value is -3.01. The highest BCUT2D eigenvalue weighted by Crippen LogP contribution is 2.37. The Labute approximate surface area is 227 Å². The summed E-state index contributed by atoms with van der Waals surface area (Å²) in [5.41, 5.74) is 2.65. The number of halogens is 3. The molecule has 0 radical (unpaired) electrons. The molecular weight excluding hydrogens is 507 g/mol. The number of likely N-dealkylation sites (tertiary alicyclic amines) is 2. The number of hydrogen-bond acceptors (Lipinski definition) is 5. The van der Waals surface area contributed by atoms with Gasteiger partial charge in [0.05, 0.1) is 23.0 Å². The smallest absolute Gasteiger partial charge is 0.257 e. The lowest BCUT2D eigenvalue weighted by Gasteiger charge is -2.30. The van der Waals surface area contributed by atoms with Crippen LogP contribution in [-0.4, -0.2) is 70.2 Å². The first-order chi connectivity index (χ1) is 18.6. The predicted molar refractivity (Wildman–Crippen MR) is 140 cm³/mol. The topological polar surface area (TPSA) is 78.4 Å². The molecule has 1 saturated carbocycles. The number of carbonyl (C=O) groups excluding carboxylic acids is 2. The Morgan fingerprint density at radius 2 is 1.69 bits per heavy atom. The van der Waals surface area contributed by atoms with Crippen LogP contribution in [0, 0.1) is 37.4 Å². The molecule has 0 spiro atoms. The van der Waals surface area contributed by atoms with Crippen molar-refractivity contribution >= 4 is 11.8 Å². The number of amides is 2. The van der Waals surface area contributed by atoms with Crippen LogP contribution < -0.4 is 5.32 Å². The molecule has 0 bridgehead atoms. The first-order valence-corrected chi connectivity index (χ1v) is 13.8. The summed E-state index contributed by atoms with van der Waals surface area (Å²) >= 11 is 0. The van der Waals surface area contributed by atoms with Gasteiger partial charge in [0, 0.05) is 51.5 Å². The maximum absolute atomic E-state index is 14.0. The van der Waals surface area contributed by atoms with Gasteiger partial charge in [-0.1, -0.05) is 12.1 Å². The van der Waals surface area contributed by atoms with Crippen molar-refractivity contribution in [1.82, 2.24) is 25.1 Å². The summed E-state index contributed by atoms with van der Waals surface area (Å²) in [5, 5.41) is 3.04. The van der Waals surface area contributed by atoms with Crippen molar-refractivity contribution in [3.05, 3.63) is 58.9 Å². The van der Waals surface area contributed by atoms with Crippen LogP contribution in [0.4, 0.5) is 13.2 Å². The molecular formula is C29H36F3N5O2. The summed E-state index contributed by atoms with van der Waals surface area (Å²) in [6.45, 7) is 7.43. The lowest BCUT2D eigenvalue weighted by Crippen LogP contribution is -2.39. The van der Waals surface area contributed by atoms with Crippen LogP contribution >= 0.6 is 0 Å². The van der Waals surface area contributed by atoms with Crippen molar-refractivity contribution in [3.63, 3.8) is 0 Å². The second-order valence-electron chi connectivity index (χ2n) is 11.4. The monoisotopic (exact) mass is 543 g/mol. The van der Waals surface area contributed by atoms with Gasteiger partial charge in [-0.15, -0.1) is 0 Å². The first kappa shape index (κ1) is 27.6. The van der Waals surface area contributed by atoms with E-state index in [0.29, 0.717) is 60.4 Å². The minimum Gasteiger partial charge on any atom is -0.349 e. The number of aryl methyl sites for hydroxylation is 2. The number of nitrogens with zero attached hydrogens (tertiary/aromatic N) is 4. The molecule has 1 aliphatic carbocycles. The second-order valence-corrected chi connectivity index (χ2v) is 11.4. The maximum atomic E-state index is 14.0. The molecule has 3 aliphatic rings. The summed E-state index contributed by atoms with van der Waals surface area (Å²) in [5.74, 6) is -3.03. The number of hydrogen-bond donors (Lipinski definition) is 1. The largest absolute Gasteiger partial charge is 0.349 e. The fourth-order valence-electron chi connectivity index (χ4n) is 6.45. The zero-order chi connectivity index (χ0) is 27.7. The zero-order valence-corrected chi connectivity index (χ0v) is 22.5. The van der Waals surface area contributed by atoms with Gasteiger partial charge in [0.2, 0.25) is 11.8 Å². The Balaban J connectivity index is 1.18. The van der Waals surface area contributed by atoms with Crippen LogP contribution in [0.2, 0.25) is 0 Å². The van der Waals surface area contributed by atoms with Crippen LogP contribution in [0.15, 0.2) is 30.6 Å². The van der Waals surface area contributed by atoms with Crippen LogP contribution in [0.5, 0.6) is 0 Å². The third kappa shape index (κ3) is 6.26. The lowest BCUT2D eigenvalue weighted by atomic mass is 9.86. The number of fused-ring (bicyclic) bond motifs is 1. The Bertz CT molecular complexity index is 1180. The van der Waals surface area contributed by atoms with Gasteiger partial charge >= 0.3 is 0 Å². The molecule has 7 nitrogen and oxygen atoms in total. The first-order valence-electron chi connectivity index (χ1n) is 13.8. The number of rotatable bonds is 7. The summed E-state index contributed by atoms with van der Waals surface area (Å²) in [6.07, 6.45) is 1.83. The Kier molecular flexibility index (Phi) is 7.94. The molecule has 1 N–H and O–H groups in total. The van der Waals surface area contributed by atoms with E-state index in [2.05, 4.69) is 20.2 Å². The normalized spacial score (nSPS) is 24.0. The number of alkyl halides is 2. The molecule has 39 heavy (non-hydrogen) atoms. The molecule has 1 aromatic heterocycles. The molecule has 2 aromatic rings. The molecule has 5 rings (SSSR count). The van der Waals surface area contributed by atoms with Gasteiger partial charge in [0.1, 0.15) is 12.1 Å². The fraction of sp³-hybridized carbons (Fsp3) is 0.586. The van der Waals surface area contributed by atoms with Crippen molar-refractivity contribution in [1.29, 1.82) is 0 Å². The predicted octanol–water partition coefficient (Wildman–Crippen LogP) is 4.31. The average Bonchev–Trinajstić information content (AvgIpc) is 3.45. The van der Waals surface area contributed by atoms with Gasteiger partial charge in [-0.25, -0.2) is 23.1 Å². The van der Waals surface area contributed by atoms with E-state index in [1.165, 1.54) is 18.5 Å². The van der Waals surface area contributed by atoms with E-state index < -0.39 is 17.9 Å². The molecule has 3 atom stereocenters. The molecule has 2 amide bonds. The van der Waals surface area contributed by atoms with Crippen molar-refractivity contribution in [3.8, 4) is 0 Å². The van der Waals surface area contributed by atoms with Crippen LogP contribution in [-0.2, 0) is 4.79 Å². The van der Waals surface area contributed by atoms with Gasteiger partial charge in [-0.3, -0.25) is 9.59 Å². The molecule has 2 unspecified atom stereocenters. The highest BCUT2D eigenvalue weighted by Gasteiger charge is 2.42. The molecule has 10 heteroatoms. The quantitative estimate of drug-likeness (QED) is 0.563. The third-order valence-electron chi connectivity index (χ3n) is 8.68.